The van der Waals surface area contributed by atoms with Crippen LogP contribution in [0.15, 0.2) is 18.7 Å². The van der Waals surface area contributed by atoms with Gasteiger partial charge in [-0.15, -0.1) is 0 Å². The molecule has 1 saturated carbocycles. The molecular weight excluding hydrogens is 294 g/mol. The van der Waals surface area contributed by atoms with Gasteiger partial charge in [0.05, 0.1) is 24.6 Å². The Balaban J connectivity index is 2.02. The Morgan fingerprint density at radius 3 is 2.90 bits per heavy atom. The van der Waals surface area contributed by atoms with Crippen molar-refractivity contribution < 1.29 is 17.9 Å². The lowest BCUT2D eigenvalue weighted by molar-refractivity contribution is -0.145. The van der Waals surface area contributed by atoms with Crippen LogP contribution in [0.3, 0.4) is 0 Å². The van der Waals surface area contributed by atoms with Gasteiger partial charge < -0.3 is 9.30 Å². The summed E-state index contributed by atoms with van der Waals surface area (Å²) in [6.07, 6.45) is 6.84. The summed E-state index contributed by atoms with van der Waals surface area (Å²) in [5.41, 5.74) is 0. The molecular formula is C13H21N3O4S. The molecule has 7 nitrogen and oxygen atoms in total. The maximum absolute atomic E-state index is 12.5. The van der Waals surface area contributed by atoms with Gasteiger partial charge in [-0.25, -0.2) is 18.1 Å². The number of aromatic nitrogens is 2. The number of carbonyl (C=O) groups is 1. The standard InChI is InChI=1S/C13H21N3O4S/c1-10(8-16-7-6-14-9-16)15-21(18,19)12-5-3-4-11(12)13(17)20-2/h6-7,9-12,15H,3-5,8H2,1-2H3. The Labute approximate surface area is 124 Å². The number of rotatable bonds is 6. The highest BCUT2D eigenvalue weighted by atomic mass is 32.2. The van der Waals surface area contributed by atoms with E-state index in [-0.39, 0.29) is 6.04 Å². The second kappa shape index (κ2) is 6.57. The summed E-state index contributed by atoms with van der Waals surface area (Å²) in [7, 11) is -2.26. The molecule has 0 bridgehead atoms. The topological polar surface area (TPSA) is 90.3 Å². The van der Waals surface area contributed by atoms with E-state index in [1.165, 1.54) is 7.11 Å². The van der Waals surface area contributed by atoms with E-state index in [4.69, 9.17) is 4.74 Å². The largest absolute Gasteiger partial charge is 0.469 e. The number of hydrogen-bond acceptors (Lipinski definition) is 5. The summed E-state index contributed by atoms with van der Waals surface area (Å²) in [4.78, 5) is 15.6. The number of esters is 1. The number of ether oxygens (including phenoxy) is 1. The molecule has 2 rings (SSSR count). The zero-order valence-corrected chi connectivity index (χ0v) is 13.0. The van der Waals surface area contributed by atoms with E-state index in [9.17, 15) is 13.2 Å². The Hall–Kier alpha value is -1.41. The van der Waals surface area contributed by atoms with Crippen molar-refractivity contribution in [2.45, 2.75) is 44.0 Å². The minimum Gasteiger partial charge on any atom is -0.469 e. The minimum absolute atomic E-state index is 0.275. The van der Waals surface area contributed by atoms with Gasteiger partial charge in [0, 0.05) is 25.0 Å². The van der Waals surface area contributed by atoms with Crippen LogP contribution in [0.5, 0.6) is 0 Å². The lowest BCUT2D eigenvalue weighted by Crippen LogP contribution is -2.44. The maximum atomic E-state index is 12.5. The molecule has 21 heavy (non-hydrogen) atoms. The monoisotopic (exact) mass is 315 g/mol. The van der Waals surface area contributed by atoms with Gasteiger partial charge in [-0.05, 0) is 19.8 Å². The van der Waals surface area contributed by atoms with Gasteiger partial charge in [0.15, 0.2) is 0 Å². The molecule has 1 aromatic heterocycles. The zero-order valence-electron chi connectivity index (χ0n) is 12.2. The number of sulfonamides is 1. The molecule has 0 radical (unpaired) electrons. The minimum atomic E-state index is -3.55. The molecule has 8 heteroatoms. The predicted molar refractivity (Wildman–Crippen MR) is 76.9 cm³/mol. The highest BCUT2D eigenvalue weighted by Gasteiger charge is 2.42. The van der Waals surface area contributed by atoms with Crippen LogP contribution in [0, 0.1) is 5.92 Å². The van der Waals surface area contributed by atoms with Crippen LogP contribution in [0.25, 0.3) is 0 Å². The van der Waals surface area contributed by atoms with Crippen LogP contribution in [-0.4, -0.2) is 42.3 Å². The number of imidazole rings is 1. The molecule has 1 aliphatic rings. The van der Waals surface area contributed by atoms with Crippen LogP contribution >= 0.6 is 0 Å². The fourth-order valence-corrected chi connectivity index (χ4v) is 4.80. The summed E-state index contributed by atoms with van der Waals surface area (Å²) >= 11 is 0. The normalized spacial score (nSPS) is 23.9. The number of methoxy groups -OCH3 is 1. The van der Waals surface area contributed by atoms with Crippen LogP contribution in [0.4, 0.5) is 0 Å². The van der Waals surface area contributed by atoms with Gasteiger partial charge in [-0.3, -0.25) is 4.79 Å². The van der Waals surface area contributed by atoms with Gasteiger partial charge in [-0.1, -0.05) is 6.42 Å². The highest BCUT2D eigenvalue weighted by Crippen LogP contribution is 2.31. The lowest BCUT2D eigenvalue weighted by atomic mass is 10.1. The zero-order chi connectivity index (χ0) is 15.5. The predicted octanol–water partition coefficient (Wildman–Crippen LogP) is 0.533. The molecule has 118 valence electrons. The van der Waals surface area contributed by atoms with Gasteiger partial charge in [-0.2, -0.15) is 0 Å². The van der Waals surface area contributed by atoms with E-state index in [2.05, 4.69) is 9.71 Å². The van der Waals surface area contributed by atoms with Crippen molar-refractivity contribution in [2.75, 3.05) is 7.11 Å². The van der Waals surface area contributed by atoms with Crippen molar-refractivity contribution in [1.29, 1.82) is 0 Å². The van der Waals surface area contributed by atoms with Crippen LogP contribution in [0.2, 0.25) is 0 Å². The smallest absolute Gasteiger partial charge is 0.310 e. The quantitative estimate of drug-likeness (QED) is 0.774. The Morgan fingerprint density at radius 2 is 2.29 bits per heavy atom. The Morgan fingerprint density at radius 1 is 1.52 bits per heavy atom. The summed E-state index contributed by atoms with van der Waals surface area (Å²) in [6.45, 7) is 2.29. The van der Waals surface area contributed by atoms with E-state index < -0.39 is 27.2 Å². The first kappa shape index (κ1) is 16.0. The van der Waals surface area contributed by atoms with Crippen molar-refractivity contribution in [2.24, 2.45) is 5.92 Å². The van der Waals surface area contributed by atoms with Crippen molar-refractivity contribution in [3.05, 3.63) is 18.7 Å². The first-order valence-corrected chi connectivity index (χ1v) is 8.53. The number of nitrogens with one attached hydrogen (secondary N) is 1. The lowest BCUT2D eigenvalue weighted by Gasteiger charge is -2.21. The molecule has 3 unspecified atom stereocenters. The molecule has 1 aliphatic carbocycles. The Kier molecular flexibility index (Phi) is 5.00. The summed E-state index contributed by atoms with van der Waals surface area (Å²) in [5.74, 6) is -1.00. The number of hydrogen-bond donors (Lipinski definition) is 1. The van der Waals surface area contributed by atoms with E-state index in [1.54, 1.807) is 30.2 Å². The molecule has 1 aromatic rings. The van der Waals surface area contributed by atoms with Crippen molar-refractivity contribution >= 4 is 16.0 Å². The average molecular weight is 315 g/mol. The molecule has 1 N–H and O–H groups in total. The SMILES string of the molecule is COC(=O)C1CCCC1S(=O)(=O)NC(C)Cn1ccnc1. The van der Waals surface area contributed by atoms with Crippen LogP contribution in [0.1, 0.15) is 26.2 Å². The third-order valence-electron chi connectivity index (χ3n) is 3.76. The fourth-order valence-electron chi connectivity index (χ4n) is 2.83. The second-order valence-corrected chi connectivity index (χ2v) is 7.35. The van der Waals surface area contributed by atoms with E-state index in [0.29, 0.717) is 19.4 Å². The van der Waals surface area contributed by atoms with Crippen LogP contribution < -0.4 is 4.72 Å². The van der Waals surface area contributed by atoms with Crippen LogP contribution in [-0.2, 0) is 26.1 Å². The summed E-state index contributed by atoms with van der Waals surface area (Å²) in [6, 6.07) is -0.275. The van der Waals surface area contributed by atoms with Crippen molar-refractivity contribution in [3.8, 4) is 0 Å². The molecule has 0 spiro atoms. The first-order valence-electron chi connectivity index (χ1n) is 6.98. The second-order valence-electron chi connectivity index (χ2n) is 5.42. The third kappa shape index (κ3) is 3.82. The van der Waals surface area contributed by atoms with Gasteiger partial charge >= 0.3 is 5.97 Å². The van der Waals surface area contributed by atoms with Crippen molar-refractivity contribution in [1.82, 2.24) is 14.3 Å². The maximum Gasteiger partial charge on any atom is 0.310 e. The fraction of sp³-hybridized carbons (Fsp3) is 0.692. The number of carbonyl (C=O) groups excluding carboxylic acids is 1. The molecule has 0 aliphatic heterocycles. The summed E-state index contributed by atoms with van der Waals surface area (Å²) in [5, 5.41) is -0.699. The molecule has 0 aromatic carbocycles. The van der Waals surface area contributed by atoms with Crippen molar-refractivity contribution in [3.63, 3.8) is 0 Å². The Bertz CT molecular complexity index is 570. The first-order chi connectivity index (χ1) is 9.94. The summed E-state index contributed by atoms with van der Waals surface area (Å²) < 4.78 is 34.1. The highest BCUT2D eigenvalue weighted by molar-refractivity contribution is 7.90. The molecule has 1 heterocycles. The van der Waals surface area contributed by atoms with Gasteiger partial charge in [0.1, 0.15) is 0 Å². The van der Waals surface area contributed by atoms with Gasteiger partial charge in [0.2, 0.25) is 10.0 Å². The molecule has 3 atom stereocenters. The molecule has 0 amide bonds. The average Bonchev–Trinajstić information content (AvgIpc) is 3.07. The van der Waals surface area contributed by atoms with Gasteiger partial charge in [0.25, 0.3) is 0 Å². The van der Waals surface area contributed by atoms with E-state index in [0.717, 1.165) is 6.42 Å². The van der Waals surface area contributed by atoms with E-state index in [1.807, 2.05) is 0 Å². The molecule has 0 saturated heterocycles. The molecule has 1 fully saturated rings. The third-order valence-corrected chi connectivity index (χ3v) is 5.86. The van der Waals surface area contributed by atoms with E-state index >= 15 is 0 Å². The number of nitrogens with zero attached hydrogens (tertiary/aromatic N) is 2.